The van der Waals surface area contributed by atoms with Crippen molar-refractivity contribution in [1.29, 1.82) is 0 Å². The van der Waals surface area contributed by atoms with Gasteiger partial charge in [0.1, 0.15) is 5.75 Å². The molecule has 0 aliphatic heterocycles. The maximum Gasteiger partial charge on any atom is 0.119 e. The van der Waals surface area contributed by atoms with Crippen molar-refractivity contribution >= 4 is 0 Å². The molecule has 0 saturated heterocycles. The quantitative estimate of drug-likeness (QED) is 0.491. The summed E-state index contributed by atoms with van der Waals surface area (Å²) in [6.07, 6.45) is 15.4. The van der Waals surface area contributed by atoms with Gasteiger partial charge in [0.15, 0.2) is 0 Å². The van der Waals surface area contributed by atoms with Crippen LogP contribution in [0.25, 0.3) is 0 Å². The van der Waals surface area contributed by atoms with E-state index in [2.05, 4.69) is 37.1 Å². The van der Waals surface area contributed by atoms with Crippen molar-refractivity contribution < 1.29 is 4.74 Å². The number of unbranched alkanes of at least 4 members (excludes halogenated alkanes) is 1. The lowest BCUT2D eigenvalue weighted by Gasteiger charge is -2.25. The third-order valence-corrected chi connectivity index (χ3v) is 4.61. The van der Waals surface area contributed by atoms with Crippen LogP contribution < -0.4 is 4.74 Å². The van der Waals surface area contributed by atoms with E-state index in [4.69, 9.17) is 11.2 Å². The molecule has 0 unspecified atom stereocenters. The second-order valence-electron chi connectivity index (χ2n) is 6.27. The van der Waals surface area contributed by atoms with E-state index in [1.165, 1.54) is 50.5 Å². The Bertz CT molecular complexity index is 432. The average Bonchev–Trinajstić information content (AvgIpc) is 2.55. The average molecular weight is 284 g/mol. The first kappa shape index (κ1) is 16.0. The Morgan fingerprint density at radius 1 is 1.14 bits per heavy atom. The minimum atomic E-state index is 0.542. The summed E-state index contributed by atoms with van der Waals surface area (Å²) in [6.45, 7) is 3.01. The molecule has 0 amide bonds. The van der Waals surface area contributed by atoms with Gasteiger partial charge in [-0.05, 0) is 68.6 Å². The molecule has 1 aromatic rings. The Morgan fingerprint density at radius 3 is 2.48 bits per heavy atom. The summed E-state index contributed by atoms with van der Waals surface area (Å²) in [6, 6.07) is 8.66. The Labute approximate surface area is 130 Å². The van der Waals surface area contributed by atoms with Crippen LogP contribution >= 0.6 is 0 Å². The summed E-state index contributed by atoms with van der Waals surface area (Å²) in [4.78, 5) is 0. The summed E-state index contributed by atoms with van der Waals surface area (Å²) in [5, 5.41) is 0. The lowest BCUT2D eigenvalue weighted by Crippen LogP contribution is -2.13. The number of hydrogen-bond acceptors (Lipinski definition) is 1. The molecular formula is C20H28O. The number of benzene rings is 1. The van der Waals surface area contributed by atoms with E-state index in [-0.39, 0.29) is 0 Å². The summed E-state index contributed by atoms with van der Waals surface area (Å²) < 4.78 is 5.70. The first-order valence-electron chi connectivity index (χ1n) is 8.49. The van der Waals surface area contributed by atoms with Gasteiger partial charge in [-0.3, -0.25) is 0 Å². The van der Waals surface area contributed by atoms with Crippen molar-refractivity contribution in [3.05, 3.63) is 29.8 Å². The number of terminal acetylenes is 1. The fourth-order valence-corrected chi connectivity index (χ4v) is 3.08. The van der Waals surface area contributed by atoms with Crippen molar-refractivity contribution in [2.45, 2.75) is 58.3 Å². The van der Waals surface area contributed by atoms with Crippen LogP contribution in [0.2, 0.25) is 0 Å². The molecular weight excluding hydrogens is 256 g/mol. The molecule has 1 nitrogen and oxygen atoms in total. The molecule has 0 radical (unpaired) electrons. The van der Waals surface area contributed by atoms with Crippen LogP contribution in [0, 0.1) is 24.2 Å². The van der Waals surface area contributed by atoms with Crippen LogP contribution in [0.15, 0.2) is 24.3 Å². The van der Waals surface area contributed by atoms with Crippen LogP contribution in [-0.4, -0.2) is 6.61 Å². The first-order chi connectivity index (χ1) is 10.3. The molecule has 0 spiro atoms. The Morgan fingerprint density at radius 2 is 1.86 bits per heavy atom. The number of hydrogen-bond donors (Lipinski definition) is 0. The van der Waals surface area contributed by atoms with Gasteiger partial charge in [-0.25, -0.2) is 0 Å². The predicted molar refractivity (Wildman–Crippen MR) is 89.4 cm³/mol. The van der Waals surface area contributed by atoms with Crippen molar-refractivity contribution in [2.75, 3.05) is 6.61 Å². The van der Waals surface area contributed by atoms with Gasteiger partial charge in [-0.2, -0.15) is 0 Å². The molecule has 21 heavy (non-hydrogen) atoms. The Balaban J connectivity index is 1.70. The minimum Gasteiger partial charge on any atom is -0.494 e. The summed E-state index contributed by atoms with van der Waals surface area (Å²) in [5.74, 6) is 5.33. The largest absolute Gasteiger partial charge is 0.494 e. The highest BCUT2D eigenvalue weighted by molar-refractivity contribution is 5.27. The van der Waals surface area contributed by atoms with Crippen LogP contribution in [0.3, 0.4) is 0 Å². The molecule has 1 aliphatic rings. The zero-order valence-electron chi connectivity index (χ0n) is 13.3. The molecule has 2 rings (SSSR count). The molecule has 1 saturated carbocycles. The number of ether oxygens (including phenoxy) is 1. The van der Waals surface area contributed by atoms with Gasteiger partial charge in [0.05, 0.1) is 6.61 Å². The van der Waals surface area contributed by atoms with Crippen LogP contribution in [0.5, 0.6) is 5.75 Å². The van der Waals surface area contributed by atoms with E-state index in [1.54, 1.807) is 0 Å². The predicted octanol–water partition coefficient (Wildman–Crippen LogP) is 5.24. The Kier molecular flexibility index (Phi) is 6.67. The zero-order chi connectivity index (χ0) is 14.9. The molecule has 0 N–H and O–H groups in total. The molecule has 0 heterocycles. The number of rotatable bonds is 7. The topological polar surface area (TPSA) is 9.23 Å². The van der Waals surface area contributed by atoms with Gasteiger partial charge in [0.25, 0.3) is 0 Å². The summed E-state index contributed by atoms with van der Waals surface area (Å²) in [5.41, 5.74) is 1.43. The molecule has 0 atom stereocenters. The maximum absolute atomic E-state index is 5.70. The van der Waals surface area contributed by atoms with Crippen molar-refractivity contribution in [2.24, 2.45) is 11.8 Å². The van der Waals surface area contributed by atoms with Crippen LogP contribution in [-0.2, 0) is 6.42 Å². The van der Waals surface area contributed by atoms with Gasteiger partial charge in [-0.15, -0.1) is 12.3 Å². The fourth-order valence-electron chi connectivity index (χ4n) is 3.08. The second-order valence-corrected chi connectivity index (χ2v) is 6.27. The third kappa shape index (κ3) is 5.46. The Hall–Kier alpha value is -1.42. The minimum absolute atomic E-state index is 0.542. The van der Waals surface area contributed by atoms with Gasteiger partial charge >= 0.3 is 0 Å². The molecule has 1 aliphatic carbocycles. The van der Waals surface area contributed by atoms with Crippen molar-refractivity contribution in [3.63, 3.8) is 0 Å². The fraction of sp³-hybridized carbons (Fsp3) is 0.600. The SMILES string of the molecule is C#CC1CCC(CCc2ccc(OCCCC)cc2)CC1. The molecule has 0 aromatic heterocycles. The highest BCUT2D eigenvalue weighted by Crippen LogP contribution is 2.31. The molecule has 1 fully saturated rings. The van der Waals surface area contributed by atoms with E-state index in [1.807, 2.05) is 0 Å². The van der Waals surface area contributed by atoms with Gasteiger partial charge in [-0.1, -0.05) is 25.5 Å². The van der Waals surface area contributed by atoms with E-state index in [9.17, 15) is 0 Å². The summed E-state index contributed by atoms with van der Waals surface area (Å²) >= 11 is 0. The summed E-state index contributed by atoms with van der Waals surface area (Å²) in [7, 11) is 0. The zero-order valence-corrected chi connectivity index (χ0v) is 13.3. The standard InChI is InChI=1S/C20H28O/c1-3-5-16-21-20-14-12-19(13-15-20)11-10-18-8-6-17(4-2)7-9-18/h2,12-15,17-18H,3,5-11,16H2,1H3. The van der Waals surface area contributed by atoms with E-state index in [0.29, 0.717) is 5.92 Å². The monoisotopic (exact) mass is 284 g/mol. The second kappa shape index (κ2) is 8.78. The van der Waals surface area contributed by atoms with Crippen LogP contribution in [0.4, 0.5) is 0 Å². The third-order valence-electron chi connectivity index (χ3n) is 4.61. The lowest BCUT2D eigenvalue weighted by atomic mass is 9.80. The van der Waals surface area contributed by atoms with E-state index >= 15 is 0 Å². The smallest absolute Gasteiger partial charge is 0.119 e. The van der Waals surface area contributed by atoms with E-state index in [0.717, 1.165) is 24.7 Å². The highest BCUT2D eigenvalue weighted by atomic mass is 16.5. The highest BCUT2D eigenvalue weighted by Gasteiger charge is 2.19. The van der Waals surface area contributed by atoms with Crippen LogP contribution in [0.1, 0.15) is 57.4 Å². The maximum atomic E-state index is 5.70. The number of aryl methyl sites for hydroxylation is 1. The van der Waals surface area contributed by atoms with Gasteiger partial charge in [0.2, 0.25) is 0 Å². The molecule has 0 bridgehead atoms. The van der Waals surface area contributed by atoms with Crippen molar-refractivity contribution in [1.82, 2.24) is 0 Å². The van der Waals surface area contributed by atoms with Gasteiger partial charge in [0, 0.05) is 5.92 Å². The van der Waals surface area contributed by atoms with E-state index < -0.39 is 0 Å². The van der Waals surface area contributed by atoms with Crippen molar-refractivity contribution in [3.8, 4) is 18.1 Å². The first-order valence-corrected chi connectivity index (χ1v) is 8.49. The molecule has 114 valence electrons. The van der Waals surface area contributed by atoms with Gasteiger partial charge < -0.3 is 4.74 Å². The normalized spacial score (nSPS) is 21.7. The molecule has 1 aromatic carbocycles. The lowest BCUT2D eigenvalue weighted by molar-refractivity contribution is 0.301. The molecule has 1 heteroatoms.